The van der Waals surface area contributed by atoms with Crippen molar-refractivity contribution in [3.63, 3.8) is 0 Å². The molecule has 1 aromatic carbocycles. The van der Waals surface area contributed by atoms with E-state index in [1.54, 1.807) is 21.3 Å². The van der Waals surface area contributed by atoms with Crippen LogP contribution in [0.1, 0.15) is 17.5 Å². The maximum atomic E-state index is 10.8. The molecule has 1 aliphatic rings. The molecule has 4 nitrogen and oxygen atoms in total. The third kappa shape index (κ3) is 1.94. The van der Waals surface area contributed by atoms with Gasteiger partial charge in [-0.25, -0.2) is 0 Å². The van der Waals surface area contributed by atoms with Gasteiger partial charge in [-0.05, 0) is 36.1 Å². The van der Waals surface area contributed by atoms with E-state index in [1.807, 2.05) is 12.1 Å². The van der Waals surface area contributed by atoms with Crippen molar-refractivity contribution < 1.29 is 19.0 Å². The van der Waals surface area contributed by atoms with Crippen LogP contribution in [0, 0.1) is 0 Å². The second-order valence-corrected chi connectivity index (χ2v) is 4.05. The van der Waals surface area contributed by atoms with Crippen molar-refractivity contribution in [1.29, 1.82) is 0 Å². The first-order valence-electron chi connectivity index (χ1n) is 5.72. The first kappa shape index (κ1) is 12.5. The van der Waals surface area contributed by atoms with Crippen LogP contribution in [0.5, 0.6) is 17.2 Å². The summed E-state index contributed by atoms with van der Waals surface area (Å²) in [5.74, 6) is 1.89. The first-order chi connectivity index (χ1) is 8.74. The second kappa shape index (κ2) is 5.12. The van der Waals surface area contributed by atoms with Gasteiger partial charge in [0.1, 0.15) is 6.29 Å². The molecule has 0 atom stereocenters. The zero-order valence-electron chi connectivity index (χ0n) is 10.8. The van der Waals surface area contributed by atoms with Gasteiger partial charge in [0.25, 0.3) is 0 Å². The van der Waals surface area contributed by atoms with E-state index in [0.29, 0.717) is 17.2 Å². The lowest BCUT2D eigenvalue weighted by molar-refractivity contribution is -0.105. The van der Waals surface area contributed by atoms with E-state index in [0.717, 1.165) is 35.8 Å². The van der Waals surface area contributed by atoms with Crippen LogP contribution >= 0.6 is 0 Å². The summed E-state index contributed by atoms with van der Waals surface area (Å²) < 4.78 is 16.1. The smallest absolute Gasteiger partial charge is 0.203 e. The Kier molecular flexibility index (Phi) is 3.55. The van der Waals surface area contributed by atoms with Gasteiger partial charge in [0.2, 0.25) is 5.75 Å². The molecule has 1 aliphatic carbocycles. The van der Waals surface area contributed by atoms with Crippen molar-refractivity contribution in [2.24, 2.45) is 0 Å². The zero-order valence-corrected chi connectivity index (χ0v) is 10.8. The molecule has 0 heterocycles. The predicted molar refractivity (Wildman–Crippen MR) is 68.5 cm³/mol. The second-order valence-electron chi connectivity index (χ2n) is 4.05. The molecule has 0 unspecified atom stereocenters. The summed E-state index contributed by atoms with van der Waals surface area (Å²) in [4.78, 5) is 10.8. The van der Waals surface area contributed by atoms with Gasteiger partial charge < -0.3 is 14.2 Å². The SMILES string of the molecule is COc1cc2c(c(OC)c1OC)CCC(C=O)=C2. The van der Waals surface area contributed by atoms with Gasteiger partial charge in [0.05, 0.1) is 21.3 Å². The van der Waals surface area contributed by atoms with E-state index in [-0.39, 0.29) is 0 Å². The standard InChI is InChI=1S/C14H16O4/c1-16-12-7-10-6-9(8-15)4-5-11(10)13(17-2)14(12)18-3/h6-8H,4-5H2,1-3H3. The van der Waals surface area contributed by atoms with E-state index in [2.05, 4.69) is 0 Å². The number of benzene rings is 1. The highest BCUT2D eigenvalue weighted by Gasteiger charge is 2.22. The Hall–Kier alpha value is -1.97. The van der Waals surface area contributed by atoms with Crippen molar-refractivity contribution in [2.45, 2.75) is 12.8 Å². The molecule has 0 saturated heterocycles. The molecule has 2 rings (SSSR count). The monoisotopic (exact) mass is 248 g/mol. The van der Waals surface area contributed by atoms with Crippen molar-refractivity contribution in [3.8, 4) is 17.2 Å². The normalized spacial score (nSPS) is 13.4. The van der Waals surface area contributed by atoms with Gasteiger partial charge in [0.15, 0.2) is 11.5 Å². The fourth-order valence-corrected chi connectivity index (χ4v) is 2.26. The Bertz CT molecular complexity index is 503. The van der Waals surface area contributed by atoms with E-state index in [1.165, 1.54) is 0 Å². The topological polar surface area (TPSA) is 44.8 Å². The van der Waals surface area contributed by atoms with Crippen LogP contribution in [0.25, 0.3) is 6.08 Å². The third-order valence-corrected chi connectivity index (χ3v) is 3.12. The summed E-state index contributed by atoms with van der Waals surface area (Å²) in [6, 6.07) is 1.87. The number of hydrogen-bond acceptors (Lipinski definition) is 4. The first-order valence-corrected chi connectivity index (χ1v) is 5.72. The van der Waals surface area contributed by atoms with Crippen LogP contribution < -0.4 is 14.2 Å². The molecule has 0 bridgehead atoms. The molecule has 0 N–H and O–H groups in total. The molecule has 0 amide bonds. The zero-order chi connectivity index (χ0) is 13.1. The molecule has 0 aliphatic heterocycles. The van der Waals surface area contributed by atoms with Crippen LogP contribution in [0.2, 0.25) is 0 Å². The van der Waals surface area contributed by atoms with Gasteiger partial charge in [0, 0.05) is 5.56 Å². The van der Waals surface area contributed by atoms with Crippen molar-refractivity contribution in [1.82, 2.24) is 0 Å². The van der Waals surface area contributed by atoms with Crippen molar-refractivity contribution in [2.75, 3.05) is 21.3 Å². The molecule has 0 aromatic heterocycles. The van der Waals surface area contributed by atoms with Crippen molar-refractivity contribution in [3.05, 3.63) is 22.8 Å². The number of hydrogen-bond donors (Lipinski definition) is 0. The number of carbonyl (C=O) groups is 1. The third-order valence-electron chi connectivity index (χ3n) is 3.12. The van der Waals surface area contributed by atoms with Gasteiger partial charge in [-0.2, -0.15) is 0 Å². The van der Waals surface area contributed by atoms with Gasteiger partial charge in [-0.1, -0.05) is 0 Å². The summed E-state index contributed by atoms with van der Waals surface area (Å²) >= 11 is 0. The fourth-order valence-electron chi connectivity index (χ4n) is 2.26. The quantitative estimate of drug-likeness (QED) is 0.766. The Morgan fingerprint density at radius 3 is 2.33 bits per heavy atom. The van der Waals surface area contributed by atoms with Crippen LogP contribution in [0.15, 0.2) is 11.6 Å². The molecule has 1 aromatic rings. The van der Waals surface area contributed by atoms with Gasteiger partial charge in [-0.15, -0.1) is 0 Å². The highest BCUT2D eigenvalue weighted by molar-refractivity contribution is 5.85. The van der Waals surface area contributed by atoms with Crippen molar-refractivity contribution >= 4 is 12.4 Å². The van der Waals surface area contributed by atoms with E-state index in [9.17, 15) is 4.79 Å². The molecule has 96 valence electrons. The van der Waals surface area contributed by atoms with Gasteiger partial charge >= 0.3 is 0 Å². The maximum Gasteiger partial charge on any atom is 0.203 e. The predicted octanol–water partition coefficient (Wildman–Crippen LogP) is 2.24. The molecular weight excluding hydrogens is 232 g/mol. The van der Waals surface area contributed by atoms with Crippen LogP contribution in [0.4, 0.5) is 0 Å². The Morgan fingerprint density at radius 1 is 1.06 bits per heavy atom. The van der Waals surface area contributed by atoms with Gasteiger partial charge in [-0.3, -0.25) is 4.79 Å². The minimum atomic E-state index is 0.599. The summed E-state index contributed by atoms with van der Waals surface area (Å²) in [5.41, 5.74) is 2.80. The molecule has 0 saturated carbocycles. The maximum absolute atomic E-state index is 10.8. The number of allylic oxidation sites excluding steroid dienone is 1. The molecule has 18 heavy (non-hydrogen) atoms. The van der Waals surface area contributed by atoms with Crippen LogP contribution in [-0.2, 0) is 11.2 Å². The van der Waals surface area contributed by atoms with Crippen LogP contribution in [0.3, 0.4) is 0 Å². The number of carbonyl (C=O) groups excluding carboxylic acids is 1. The molecular formula is C14H16O4. The minimum Gasteiger partial charge on any atom is -0.493 e. The Labute approximate surface area is 106 Å². The lowest BCUT2D eigenvalue weighted by Gasteiger charge is -2.21. The minimum absolute atomic E-state index is 0.599. The lowest BCUT2D eigenvalue weighted by atomic mass is 9.91. The molecule has 0 fully saturated rings. The van der Waals surface area contributed by atoms with E-state index < -0.39 is 0 Å². The summed E-state index contributed by atoms with van der Waals surface area (Å²) in [6.07, 6.45) is 4.26. The number of fused-ring (bicyclic) bond motifs is 1. The number of ether oxygens (including phenoxy) is 3. The summed E-state index contributed by atoms with van der Waals surface area (Å²) in [6.45, 7) is 0. The molecule has 0 radical (unpaired) electrons. The molecule has 0 spiro atoms. The number of rotatable bonds is 4. The summed E-state index contributed by atoms with van der Waals surface area (Å²) in [7, 11) is 4.77. The number of methoxy groups -OCH3 is 3. The summed E-state index contributed by atoms with van der Waals surface area (Å²) in [5, 5.41) is 0. The fraction of sp³-hybridized carbons (Fsp3) is 0.357. The largest absolute Gasteiger partial charge is 0.493 e. The Morgan fingerprint density at radius 2 is 1.78 bits per heavy atom. The molecule has 4 heteroatoms. The average Bonchev–Trinajstić information content (AvgIpc) is 2.44. The lowest BCUT2D eigenvalue weighted by Crippen LogP contribution is -2.06. The van der Waals surface area contributed by atoms with E-state index in [4.69, 9.17) is 14.2 Å². The highest BCUT2D eigenvalue weighted by Crippen LogP contribution is 2.44. The van der Waals surface area contributed by atoms with E-state index >= 15 is 0 Å². The average molecular weight is 248 g/mol. The number of aldehydes is 1. The highest BCUT2D eigenvalue weighted by atomic mass is 16.5. The van der Waals surface area contributed by atoms with Crippen LogP contribution in [-0.4, -0.2) is 27.6 Å². The Balaban J connectivity index is 2.65.